The summed E-state index contributed by atoms with van der Waals surface area (Å²) >= 11 is 0. The minimum Gasteiger partial charge on any atom is -0.454 e. The Bertz CT molecular complexity index is 783. The Morgan fingerprint density at radius 1 is 1.17 bits per heavy atom. The lowest BCUT2D eigenvalue weighted by atomic mass is 9.99. The SMILES string of the molecule is CCCCc1ccc(C(=O)c2cc3c(cc2[N+](=O)[O-])OCO3)cc1. The van der Waals surface area contributed by atoms with Crippen LogP contribution in [0.15, 0.2) is 36.4 Å². The fraction of sp³-hybridized carbons (Fsp3) is 0.278. The maximum absolute atomic E-state index is 12.7. The van der Waals surface area contributed by atoms with E-state index in [0.29, 0.717) is 11.3 Å². The van der Waals surface area contributed by atoms with Crippen LogP contribution < -0.4 is 9.47 Å². The first-order valence-corrected chi connectivity index (χ1v) is 7.82. The van der Waals surface area contributed by atoms with Crippen LogP contribution >= 0.6 is 0 Å². The maximum atomic E-state index is 12.7. The molecule has 0 saturated carbocycles. The van der Waals surface area contributed by atoms with Gasteiger partial charge >= 0.3 is 0 Å². The van der Waals surface area contributed by atoms with E-state index in [0.717, 1.165) is 24.8 Å². The van der Waals surface area contributed by atoms with Crippen LogP contribution in [-0.4, -0.2) is 17.5 Å². The first kappa shape index (κ1) is 16.0. The third-order valence-electron chi connectivity index (χ3n) is 3.97. The lowest BCUT2D eigenvalue weighted by Crippen LogP contribution is -2.06. The molecular formula is C18H17NO5. The normalized spacial score (nSPS) is 12.2. The van der Waals surface area contributed by atoms with Gasteiger partial charge in [0.25, 0.3) is 5.69 Å². The summed E-state index contributed by atoms with van der Waals surface area (Å²) < 4.78 is 10.4. The molecule has 0 bridgehead atoms. The zero-order valence-electron chi connectivity index (χ0n) is 13.3. The van der Waals surface area contributed by atoms with Crippen LogP contribution in [0.3, 0.4) is 0 Å². The van der Waals surface area contributed by atoms with Gasteiger partial charge in [-0.25, -0.2) is 0 Å². The minimum absolute atomic E-state index is 0.00371. The van der Waals surface area contributed by atoms with Gasteiger partial charge in [0.1, 0.15) is 5.56 Å². The Kier molecular flexibility index (Phi) is 4.46. The summed E-state index contributed by atoms with van der Waals surface area (Å²) in [6.45, 7) is 2.12. The van der Waals surface area contributed by atoms with E-state index in [1.807, 2.05) is 12.1 Å². The zero-order valence-corrected chi connectivity index (χ0v) is 13.3. The number of ether oxygens (including phenoxy) is 2. The van der Waals surface area contributed by atoms with Crippen molar-refractivity contribution in [2.24, 2.45) is 0 Å². The van der Waals surface area contributed by atoms with E-state index in [9.17, 15) is 14.9 Å². The molecule has 24 heavy (non-hydrogen) atoms. The van der Waals surface area contributed by atoms with Gasteiger partial charge in [-0.2, -0.15) is 0 Å². The Hall–Kier alpha value is -2.89. The number of nitro benzene ring substituents is 1. The smallest absolute Gasteiger partial charge is 0.284 e. The number of nitrogens with zero attached hydrogens (tertiary/aromatic N) is 1. The standard InChI is InChI=1S/C18H17NO5/c1-2-3-4-12-5-7-13(8-6-12)18(20)14-9-16-17(24-11-23-16)10-15(14)19(21)22/h5-10H,2-4,11H2,1H3. The number of nitro groups is 1. The molecule has 0 spiro atoms. The summed E-state index contributed by atoms with van der Waals surface area (Å²) in [4.78, 5) is 23.4. The molecule has 0 aromatic heterocycles. The summed E-state index contributed by atoms with van der Waals surface area (Å²) in [5.74, 6) is 0.235. The largest absolute Gasteiger partial charge is 0.454 e. The maximum Gasteiger partial charge on any atom is 0.284 e. The minimum atomic E-state index is -0.579. The number of hydrogen-bond donors (Lipinski definition) is 0. The molecule has 1 aliphatic heterocycles. The molecule has 1 heterocycles. The van der Waals surface area contributed by atoms with Crippen molar-refractivity contribution in [3.8, 4) is 11.5 Å². The number of benzene rings is 2. The van der Waals surface area contributed by atoms with E-state index in [-0.39, 0.29) is 23.8 Å². The highest BCUT2D eigenvalue weighted by molar-refractivity contribution is 6.12. The number of carbonyl (C=O) groups is 1. The van der Waals surface area contributed by atoms with Crippen molar-refractivity contribution in [1.82, 2.24) is 0 Å². The summed E-state index contributed by atoms with van der Waals surface area (Å²) in [5.41, 5.74) is 1.29. The summed E-state index contributed by atoms with van der Waals surface area (Å²) in [6.07, 6.45) is 3.14. The Balaban J connectivity index is 1.93. The average Bonchev–Trinajstić information content (AvgIpc) is 3.06. The number of hydrogen-bond acceptors (Lipinski definition) is 5. The van der Waals surface area contributed by atoms with Gasteiger partial charge in [0, 0.05) is 11.6 Å². The van der Waals surface area contributed by atoms with E-state index in [2.05, 4.69) is 6.92 Å². The highest BCUT2D eigenvalue weighted by atomic mass is 16.7. The molecule has 124 valence electrons. The van der Waals surface area contributed by atoms with Gasteiger partial charge in [-0.1, -0.05) is 37.6 Å². The lowest BCUT2D eigenvalue weighted by molar-refractivity contribution is -0.385. The van der Waals surface area contributed by atoms with Gasteiger partial charge in [-0.05, 0) is 18.4 Å². The van der Waals surface area contributed by atoms with Crippen molar-refractivity contribution in [3.63, 3.8) is 0 Å². The molecule has 0 radical (unpaired) electrons. The molecule has 0 amide bonds. The predicted molar refractivity (Wildman–Crippen MR) is 87.7 cm³/mol. The molecule has 3 rings (SSSR count). The number of rotatable bonds is 6. The number of unbranched alkanes of at least 4 members (excludes halogenated alkanes) is 1. The van der Waals surface area contributed by atoms with Gasteiger partial charge < -0.3 is 9.47 Å². The molecular weight excluding hydrogens is 310 g/mol. The van der Waals surface area contributed by atoms with E-state index >= 15 is 0 Å². The highest BCUT2D eigenvalue weighted by Gasteiger charge is 2.27. The van der Waals surface area contributed by atoms with Crippen LogP contribution in [-0.2, 0) is 6.42 Å². The third kappa shape index (κ3) is 3.08. The van der Waals surface area contributed by atoms with Crippen molar-refractivity contribution in [2.45, 2.75) is 26.2 Å². The molecule has 2 aromatic rings. The predicted octanol–water partition coefficient (Wildman–Crippen LogP) is 3.90. The molecule has 0 saturated heterocycles. The van der Waals surface area contributed by atoms with Gasteiger partial charge in [-0.3, -0.25) is 14.9 Å². The van der Waals surface area contributed by atoms with Crippen molar-refractivity contribution in [3.05, 3.63) is 63.2 Å². The molecule has 0 unspecified atom stereocenters. The van der Waals surface area contributed by atoms with E-state index in [1.54, 1.807) is 12.1 Å². The Morgan fingerprint density at radius 2 is 1.83 bits per heavy atom. The first-order chi connectivity index (χ1) is 11.6. The van der Waals surface area contributed by atoms with Crippen LogP contribution in [0.25, 0.3) is 0 Å². The summed E-state index contributed by atoms with van der Waals surface area (Å²) in [5, 5.41) is 11.3. The van der Waals surface area contributed by atoms with Crippen LogP contribution in [0.4, 0.5) is 5.69 Å². The number of ketones is 1. The lowest BCUT2D eigenvalue weighted by Gasteiger charge is -2.06. The third-order valence-corrected chi connectivity index (χ3v) is 3.97. The van der Waals surface area contributed by atoms with Gasteiger partial charge in [0.15, 0.2) is 17.3 Å². The second kappa shape index (κ2) is 6.70. The molecule has 6 nitrogen and oxygen atoms in total. The number of aryl methyl sites for hydroxylation is 1. The topological polar surface area (TPSA) is 78.7 Å². The number of fused-ring (bicyclic) bond motifs is 1. The number of carbonyl (C=O) groups excluding carboxylic acids is 1. The summed E-state index contributed by atoms with van der Waals surface area (Å²) in [6, 6.07) is 9.83. The van der Waals surface area contributed by atoms with Gasteiger partial charge in [0.2, 0.25) is 6.79 Å². The van der Waals surface area contributed by atoms with Gasteiger partial charge in [-0.15, -0.1) is 0 Å². The second-order valence-electron chi connectivity index (χ2n) is 5.61. The average molecular weight is 327 g/mol. The highest BCUT2D eigenvalue weighted by Crippen LogP contribution is 2.38. The van der Waals surface area contributed by atoms with Crippen LogP contribution in [0.1, 0.15) is 41.3 Å². The summed E-state index contributed by atoms with van der Waals surface area (Å²) in [7, 11) is 0. The molecule has 6 heteroatoms. The fourth-order valence-corrected chi connectivity index (χ4v) is 2.62. The molecule has 0 atom stereocenters. The van der Waals surface area contributed by atoms with Crippen LogP contribution in [0.2, 0.25) is 0 Å². The Morgan fingerprint density at radius 3 is 2.46 bits per heavy atom. The monoisotopic (exact) mass is 327 g/mol. The van der Waals surface area contributed by atoms with Crippen molar-refractivity contribution >= 4 is 11.5 Å². The Labute approximate surface area is 139 Å². The quantitative estimate of drug-likeness (QED) is 0.457. The zero-order chi connectivity index (χ0) is 17.1. The van der Waals surface area contributed by atoms with E-state index in [4.69, 9.17) is 9.47 Å². The van der Waals surface area contributed by atoms with Crippen LogP contribution in [0.5, 0.6) is 11.5 Å². The second-order valence-corrected chi connectivity index (χ2v) is 5.61. The van der Waals surface area contributed by atoms with Crippen molar-refractivity contribution in [1.29, 1.82) is 0 Å². The van der Waals surface area contributed by atoms with E-state index in [1.165, 1.54) is 12.1 Å². The molecule has 2 aromatic carbocycles. The van der Waals surface area contributed by atoms with Crippen molar-refractivity contribution in [2.75, 3.05) is 6.79 Å². The van der Waals surface area contributed by atoms with E-state index < -0.39 is 10.7 Å². The first-order valence-electron chi connectivity index (χ1n) is 7.82. The fourth-order valence-electron chi connectivity index (χ4n) is 2.62. The van der Waals surface area contributed by atoms with Crippen LogP contribution in [0, 0.1) is 10.1 Å². The molecule has 0 N–H and O–H groups in total. The molecule has 1 aliphatic rings. The van der Waals surface area contributed by atoms with Crippen molar-refractivity contribution < 1.29 is 19.2 Å². The molecule has 0 aliphatic carbocycles. The molecule has 0 fully saturated rings. The van der Waals surface area contributed by atoms with Gasteiger partial charge in [0.05, 0.1) is 11.0 Å².